The van der Waals surface area contributed by atoms with Crippen LogP contribution in [0.5, 0.6) is 0 Å². The highest BCUT2D eigenvalue weighted by Gasteiger charge is 2.18. The first-order valence-electron chi connectivity index (χ1n) is 6.81. The molecule has 2 unspecified atom stereocenters. The van der Waals surface area contributed by atoms with Crippen LogP contribution in [0.2, 0.25) is 0 Å². The van der Waals surface area contributed by atoms with E-state index in [0.29, 0.717) is 10.9 Å². The van der Waals surface area contributed by atoms with Crippen LogP contribution in [0.25, 0.3) is 0 Å². The number of benzene rings is 1. The third-order valence-electron chi connectivity index (χ3n) is 3.74. The highest BCUT2D eigenvalue weighted by molar-refractivity contribution is 7.89. The Morgan fingerprint density at radius 3 is 2.42 bits per heavy atom. The van der Waals surface area contributed by atoms with Crippen LogP contribution in [0.1, 0.15) is 32.6 Å². The molecule has 2 rings (SSSR count). The SMILES string of the molecule is CNS(=O)(=O)c1ccc(NC2CCCC(C)C2)cc1. The summed E-state index contributed by atoms with van der Waals surface area (Å²) in [6.07, 6.45) is 4.97. The molecular weight excluding hydrogens is 260 g/mol. The number of nitrogens with one attached hydrogen (secondary N) is 2. The van der Waals surface area contributed by atoms with Crippen LogP contribution in [0, 0.1) is 5.92 Å². The molecule has 2 N–H and O–H groups in total. The van der Waals surface area contributed by atoms with E-state index in [1.807, 2.05) is 12.1 Å². The van der Waals surface area contributed by atoms with E-state index in [1.54, 1.807) is 12.1 Å². The van der Waals surface area contributed by atoms with Gasteiger partial charge in [-0.1, -0.05) is 19.8 Å². The lowest BCUT2D eigenvalue weighted by Gasteiger charge is -2.28. The average molecular weight is 282 g/mol. The molecule has 0 bridgehead atoms. The number of anilines is 1. The quantitative estimate of drug-likeness (QED) is 0.892. The van der Waals surface area contributed by atoms with Gasteiger partial charge in [0.1, 0.15) is 0 Å². The van der Waals surface area contributed by atoms with Crippen LogP contribution in [0.15, 0.2) is 29.2 Å². The third kappa shape index (κ3) is 3.70. The second-order valence-electron chi connectivity index (χ2n) is 5.34. The molecule has 0 spiro atoms. The summed E-state index contributed by atoms with van der Waals surface area (Å²) in [6, 6.07) is 7.46. The van der Waals surface area contributed by atoms with Gasteiger partial charge < -0.3 is 5.32 Å². The maximum Gasteiger partial charge on any atom is 0.240 e. The molecule has 106 valence electrons. The Kier molecular flexibility index (Phi) is 4.47. The van der Waals surface area contributed by atoms with Crippen molar-refractivity contribution in [2.45, 2.75) is 43.5 Å². The highest BCUT2D eigenvalue weighted by Crippen LogP contribution is 2.26. The largest absolute Gasteiger partial charge is 0.382 e. The van der Waals surface area contributed by atoms with Crippen molar-refractivity contribution in [3.05, 3.63) is 24.3 Å². The fourth-order valence-electron chi connectivity index (χ4n) is 2.65. The highest BCUT2D eigenvalue weighted by atomic mass is 32.2. The van der Waals surface area contributed by atoms with Gasteiger partial charge in [0, 0.05) is 11.7 Å². The molecule has 19 heavy (non-hydrogen) atoms. The Balaban J connectivity index is 2.03. The van der Waals surface area contributed by atoms with Gasteiger partial charge in [-0.2, -0.15) is 0 Å². The molecule has 0 saturated heterocycles. The topological polar surface area (TPSA) is 58.2 Å². The molecule has 1 aromatic rings. The third-order valence-corrected chi connectivity index (χ3v) is 5.17. The molecule has 1 aliphatic rings. The Bertz CT molecular complexity index is 511. The van der Waals surface area contributed by atoms with E-state index < -0.39 is 10.0 Å². The minimum atomic E-state index is -3.33. The number of hydrogen-bond acceptors (Lipinski definition) is 3. The van der Waals surface area contributed by atoms with Crippen molar-refractivity contribution in [3.8, 4) is 0 Å². The molecule has 0 aliphatic heterocycles. The van der Waals surface area contributed by atoms with E-state index in [-0.39, 0.29) is 0 Å². The van der Waals surface area contributed by atoms with Gasteiger partial charge in [0.15, 0.2) is 0 Å². The van der Waals surface area contributed by atoms with Gasteiger partial charge >= 0.3 is 0 Å². The van der Waals surface area contributed by atoms with Crippen molar-refractivity contribution in [1.82, 2.24) is 4.72 Å². The van der Waals surface area contributed by atoms with Crippen molar-refractivity contribution in [1.29, 1.82) is 0 Å². The van der Waals surface area contributed by atoms with E-state index in [1.165, 1.54) is 32.7 Å². The fraction of sp³-hybridized carbons (Fsp3) is 0.571. The molecule has 0 aromatic heterocycles. The molecule has 2 atom stereocenters. The second-order valence-corrected chi connectivity index (χ2v) is 7.23. The Labute approximate surface area is 115 Å². The normalized spacial score (nSPS) is 24.1. The number of hydrogen-bond donors (Lipinski definition) is 2. The molecule has 5 heteroatoms. The minimum Gasteiger partial charge on any atom is -0.382 e. The van der Waals surface area contributed by atoms with E-state index in [9.17, 15) is 8.42 Å². The maximum absolute atomic E-state index is 11.6. The van der Waals surface area contributed by atoms with Gasteiger partial charge in [0.2, 0.25) is 10.0 Å². The zero-order chi connectivity index (χ0) is 13.9. The first-order valence-corrected chi connectivity index (χ1v) is 8.30. The lowest BCUT2D eigenvalue weighted by atomic mass is 9.87. The van der Waals surface area contributed by atoms with Gasteiger partial charge in [-0.25, -0.2) is 13.1 Å². The van der Waals surface area contributed by atoms with E-state index >= 15 is 0 Å². The molecule has 1 aromatic carbocycles. The number of sulfonamides is 1. The second kappa shape index (κ2) is 5.92. The van der Waals surface area contributed by atoms with Crippen LogP contribution >= 0.6 is 0 Å². The molecule has 1 saturated carbocycles. The lowest BCUT2D eigenvalue weighted by Crippen LogP contribution is -2.26. The smallest absolute Gasteiger partial charge is 0.240 e. The average Bonchev–Trinajstić information content (AvgIpc) is 2.39. The van der Waals surface area contributed by atoms with Gasteiger partial charge in [-0.3, -0.25) is 0 Å². The molecule has 0 amide bonds. The summed E-state index contributed by atoms with van der Waals surface area (Å²) < 4.78 is 25.5. The van der Waals surface area contributed by atoms with Crippen molar-refractivity contribution < 1.29 is 8.42 Å². The first-order chi connectivity index (χ1) is 9.01. The van der Waals surface area contributed by atoms with Crippen LogP contribution < -0.4 is 10.0 Å². The van der Waals surface area contributed by atoms with Crippen molar-refractivity contribution in [3.63, 3.8) is 0 Å². The van der Waals surface area contributed by atoms with E-state index in [4.69, 9.17) is 0 Å². The summed E-state index contributed by atoms with van der Waals surface area (Å²) in [6.45, 7) is 2.29. The van der Waals surface area contributed by atoms with Crippen LogP contribution in [0.4, 0.5) is 5.69 Å². The molecular formula is C14H22N2O2S. The Hall–Kier alpha value is -1.07. The summed E-state index contributed by atoms with van der Waals surface area (Å²) in [5.41, 5.74) is 0.995. The van der Waals surface area contributed by atoms with Gasteiger partial charge in [0.25, 0.3) is 0 Å². The predicted molar refractivity (Wildman–Crippen MR) is 77.7 cm³/mol. The van der Waals surface area contributed by atoms with Gasteiger partial charge in [0.05, 0.1) is 4.90 Å². The molecule has 0 heterocycles. The fourth-order valence-corrected chi connectivity index (χ4v) is 3.38. The molecule has 1 aliphatic carbocycles. The maximum atomic E-state index is 11.6. The van der Waals surface area contributed by atoms with Crippen LogP contribution in [-0.4, -0.2) is 21.5 Å². The lowest BCUT2D eigenvalue weighted by molar-refractivity contribution is 0.358. The summed E-state index contributed by atoms with van der Waals surface area (Å²) in [4.78, 5) is 0.303. The Morgan fingerprint density at radius 2 is 1.84 bits per heavy atom. The molecule has 0 radical (unpaired) electrons. The van der Waals surface area contributed by atoms with Crippen molar-refractivity contribution in [2.24, 2.45) is 5.92 Å². The predicted octanol–water partition coefficient (Wildman–Crippen LogP) is 2.59. The molecule has 4 nitrogen and oxygen atoms in total. The van der Waals surface area contributed by atoms with Gasteiger partial charge in [-0.05, 0) is 50.1 Å². The summed E-state index contributed by atoms with van der Waals surface area (Å²) in [5.74, 6) is 0.773. The zero-order valence-corrected chi connectivity index (χ0v) is 12.3. The van der Waals surface area contributed by atoms with Gasteiger partial charge in [-0.15, -0.1) is 0 Å². The monoisotopic (exact) mass is 282 g/mol. The van der Waals surface area contributed by atoms with Crippen molar-refractivity contribution >= 4 is 15.7 Å². The van der Waals surface area contributed by atoms with Crippen LogP contribution in [0.3, 0.4) is 0 Å². The summed E-state index contributed by atoms with van der Waals surface area (Å²) in [7, 11) is -1.91. The zero-order valence-electron chi connectivity index (χ0n) is 11.5. The van der Waals surface area contributed by atoms with E-state index in [0.717, 1.165) is 11.6 Å². The number of rotatable bonds is 4. The summed E-state index contributed by atoms with van der Waals surface area (Å²) in [5, 5.41) is 3.49. The first kappa shape index (κ1) is 14.3. The van der Waals surface area contributed by atoms with Crippen molar-refractivity contribution in [2.75, 3.05) is 12.4 Å². The Morgan fingerprint density at radius 1 is 1.16 bits per heavy atom. The van der Waals surface area contributed by atoms with E-state index in [2.05, 4.69) is 17.0 Å². The van der Waals surface area contributed by atoms with Crippen LogP contribution in [-0.2, 0) is 10.0 Å². The standard InChI is InChI=1S/C14H22N2O2S/c1-11-4-3-5-13(10-11)16-12-6-8-14(9-7-12)19(17,18)15-2/h6-9,11,13,15-16H,3-5,10H2,1-2H3. The molecule has 1 fully saturated rings. The minimum absolute atomic E-state index is 0.303. The summed E-state index contributed by atoms with van der Waals surface area (Å²) >= 11 is 0.